The average Bonchev–Trinajstić information content (AvgIpc) is 2.27. The molecule has 0 heteroatoms. The first kappa shape index (κ1) is 15.0. The van der Waals surface area contributed by atoms with E-state index in [1.165, 1.54) is 66.4 Å². The van der Waals surface area contributed by atoms with E-state index in [1.807, 2.05) is 0 Å². The lowest BCUT2D eigenvalue weighted by Gasteiger charge is -2.14. The number of allylic oxidation sites excluding steroid dienone is 1. The van der Waals surface area contributed by atoms with Gasteiger partial charge in [0, 0.05) is 0 Å². The fraction of sp³-hybridized carbons (Fsp3) is 0.556. The highest BCUT2D eigenvalue weighted by Crippen LogP contribution is 2.25. The lowest BCUT2D eigenvalue weighted by atomic mass is 9.91. The number of unbranched alkanes of at least 4 members (excludes halogenated alkanes) is 4. The zero-order valence-corrected chi connectivity index (χ0v) is 12.6. The highest BCUT2D eigenvalue weighted by atomic mass is 14.1. The van der Waals surface area contributed by atoms with Crippen LogP contribution in [0.1, 0.15) is 68.2 Å². The Hall–Kier alpha value is -1.04. The van der Waals surface area contributed by atoms with Crippen LogP contribution < -0.4 is 0 Å². The van der Waals surface area contributed by atoms with E-state index in [-0.39, 0.29) is 0 Å². The van der Waals surface area contributed by atoms with Crippen molar-refractivity contribution in [2.75, 3.05) is 0 Å². The molecule has 0 atom stereocenters. The molecule has 0 saturated heterocycles. The monoisotopic (exact) mass is 244 g/mol. The molecule has 0 saturated carbocycles. The minimum Gasteiger partial charge on any atom is -0.0955 e. The van der Waals surface area contributed by atoms with Crippen LogP contribution in [0.25, 0.3) is 5.57 Å². The number of hydrogen-bond acceptors (Lipinski definition) is 0. The van der Waals surface area contributed by atoms with Gasteiger partial charge < -0.3 is 0 Å². The second-order valence-electron chi connectivity index (χ2n) is 5.56. The first-order valence-electron chi connectivity index (χ1n) is 7.32. The van der Waals surface area contributed by atoms with Crippen LogP contribution in [-0.4, -0.2) is 0 Å². The molecule has 1 aromatic rings. The van der Waals surface area contributed by atoms with Gasteiger partial charge in [0.25, 0.3) is 0 Å². The largest absolute Gasteiger partial charge is 0.0955 e. The summed E-state index contributed by atoms with van der Waals surface area (Å²) in [6.45, 7) is 12.9. The Labute approximate surface area is 113 Å². The van der Waals surface area contributed by atoms with Gasteiger partial charge in [0.2, 0.25) is 0 Å². The summed E-state index contributed by atoms with van der Waals surface area (Å²) in [6, 6.07) is 4.61. The van der Waals surface area contributed by atoms with E-state index < -0.39 is 0 Å². The van der Waals surface area contributed by atoms with Crippen LogP contribution in [-0.2, 0) is 6.42 Å². The quantitative estimate of drug-likeness (QED) is 0.528. The molecular weight excluding hydrogens is 216 g/mol. The predicted molar refractivity (Wildman–Crippen MR) is 83.1 cm³/mol. The minimum atomic E-state index is 1.20. The maximum atomic E-state index is 4.13. The standard InChI is InChI=1S/C18H28/c1-6-7-8-9-10-11-17-13-15(4)12-16(5)18(17)14(2)3/h12-13H,2,6-11H2,1,3-5H3. The van der Waals surface area contributed by atoms with Gasteiger partial charge >= 0.3 is 0 Å². The van der Waals surface area contributed by atoms with Crippen molar-refractivity contribution >= 4 is 5.57 Å². The smallest absolute Gasteiger partial charge is 0.0172 e. The van der Waals surface area contributed by atoms with Gasteiger partial charge in [0.05, 0.1) is 0 Å². The van der Waals surface area contributed by atoms with Crippen LogP contribution in [0.3, 0.4) is 0 Å². The van der Waals surface area contributed by atoms with Crippen LogP contribution in [0.5, 0.6) is 0 Å². The Bertz CT molecular complexity index is 399. The van der Waals surface area contributed by atoms with Crippen molar-refractivity contribution in [3.63, 3.8) is 0 Å². The molecule has 0 unspecified atom stereocenters. The predicted octanol–water partition coefficient (Wildman–Crippen LogP) is 5.85. The lowest BCUT2D eigenvalue weighted by molar-refractivity contribution is 0.632. The molecule has 0 aliphatic heterocycles. The van der Waals surface area contributed by atoms with E-state index in [4.69, 9.17) is 0 Å². The first-order chi connectivity index (χ1) is 8.56. The number of hydrogen-bond donors (Lipinski definition) is 0. The fourth-order valence-electron chi connectivity index (χ4n) is 2.78. The Morgan fingerprint density at radius 3 is 2.33 bits per heavy atom. The highest BCUT2D eigenvalue weighted by molar-refractivity contribution is 5.68. The van der Waals surface area contributed by atoms with Crippen molar-refractivity contribution in [3.05, 3.63) is 41.0 Å². The second-order valence-corrected chi connectivity index (χ2v) is 5.56. The van der Waals surface area contributed by atoms with E-state index in [0.717, 1.165) is 0 Å². The van der Waals surface area contributed by atoms with Crippen LogP contribution >= 0.6 is 0 Å². The van der Waals surface area contributed by atoms with Crippen molar-refractivity contribution in [2.45, 2.75) is 66.2 Å². The summed E-state index contributed by atoms with van der Waals surface area (Å²) < 4.78 is 0. The van der Waals surface area contributed by atoms with E-state index in [0.29, 0.717) is 0 Å². The molecule has 0 nitrogen and oxygen atoms in total. The first-order valence-corrected chi connectivity index (χ1v) is 7.32. The third kappa shape index (κ3) is 4.33. The summed E-state index contributed by atoms with van der Waals surface area (Å²) in [6.07, 6.45) is 7.94. The summed E-state index contributed by atoms with van der Waals surface area (Å²) in [7, 11) is 0. The van der Waals surface area contributed by atoms with Crippen molar-refractivity contribution in [1.82, 2.24) is 0 Å². The van der Waals surface area contributed by atoms with Crippen LogP contribution in [0, 0.1) is 13.8 Å². The molecule has 0 aromatic heterocycles. The van der Waals surface area contributed by atoms with Gasteiger partial charge in [0.15, 0.2) is 0 Å². The summed E-state index contributed by atoms with van der Waals surface area (Å²) in [5.74, 6) is 0. The van der Waals surface area contributed by atoms with Gasteiger partial charge in [-0.25, -0.2) is 0 Å². The number of rotatable bonds is 7. The summed E-state index contributed by atoms with van der Waals surface area (Å²) in [4.78, 5) is 0. The van der Waals surface area contributed by atoms with E-state index in [2.05, 4.69) is 46.4 Å². The van der Waals surface area contributed by atoms with Crippen molar-refractivity contribution < 1.29 is 0 Å². The molecule has 1 rings (SSSR count). The molecule has 100 valence electrons. The number of benzene rings is 1. The molecule has 0 radical (unpaired) electrons. The zero-order valence-electron chi connectivity index (χ0n) is 12.6. The summed E-state index contributed by atoms with van der Waals surface area (Å²) >= 11 is 0. The molecule has 0 aliphatic carbocycles. The Kier molecular flexibility index (Phi) is 6.18. The highest BCUT2D eigenvalue weighted by Gasteiger charge is 2.07. The topological polar surface area (TPSA) is 0 Å². The second kappa shape index (κ2) is 7.41. The van der Waals surface area contributed by atoms with Crippen molar-refractivity contribution in [3.8, 4) is 0 Å². The van der Waals surface area contributed by atoms with Gasteiger partial charge in [-0.2, -0.15) is 0 Å². The fourth-order valence-corrected chi connectivity index (χ4v) is 2.78. The molecular formula is C18H28. The SMILES string of the molecule is C=C(C)c1c(C)cc(C)cc1CCCCCCC. The van der Waals surface area contributed by atoms with Gasteiger partial charge in [-0.1, -0.05) is 62.5 Å². The minimum absolute atomic E-state index is 1.20. The number of aryl methyl sites for hydroxylation is 3. The van der Waals surface area contributed by atoms with Crippen LogP contribution in [0.15, 0.2) is 18.7 Å². The maximum Gasteiger partial charge on any atom is -0.0172 e. The van der Waals surface area contributed by atoms with E-state index >= 15 is 0 Å². The van der Waals surface area contributed by atoms with Crippen molar-refractivity contribution in [2.24, 2.45) is 0 Å². The molecule has 0 amide bonds. The van der Waals surface area contributed by atoms with Gasteiger partial charge in [-0.15, -0.1) is 0 Å². The van der Waals surface area contributed by atoms with E-state index in [1.54, 1.807) is 0 Å². The summed E-state index contributed by atoms with van der Waals surface area (Å²) in [5.41, 5.74) is 6.86. The molecule has 0 spiro atoms. The van der Waals surface area contributed by atoms with Crippen LogP contribution in [0.4, 0.5) is 0 Å². The molecule has 0 N–H and O–H groups in total. The van der Waals surface area contributed by atoms with Crippen molar-refractivity contribution in [1.29, 1.82) is 0 Å². The Balaban J connectivity index is 2.71. The summed E-state index contributed by atoms with van der Waals surface area (Å²) in [5, 5.41) is 0. The maximum absolute atomic E-state index is 4.13. The van der Waals surface area contributed by atoms with Crippen LogP contribution in [0.2, 0.25) is 0 Å². The molecule has 0 aliphatic rings. The van der Waals surface area contributed by atoms with Gasteiger partial charge in [-0.05, 0) is 50.3 Å². The Morgan fingerprint density at radius 2 is 1.72 bits per heavy atom. The molecule has 18 heavy (non-hydrogen) atoms. The molecule has 0 bridgehead atoms. The molecule has 0 fully saturated rings. The average molecular weight is 244 g/mol. The Morgan fingerprint density at radius 1 is 1.06 bits per heavy atom. The third-order valence-corrected chi connectivity index (χ3v) is 3.54. The van der Waals surface area contributed by atoms with E-state index in [9.17, 15) is 0 Å². The zero-order chi connectivity index (χ0) is 13.5. The van der Waals surface area contributed by atoms with Gasteiger partial charge in [0.1, 0.15) is 0 Å². The third-order valence-electron chi connectivity index (χ3n) is 3.54. The normalized spacial score (nSPS) is 10.7. The molecule has 0 heterocycles. The lowest BCUT2D eigenvalue weighted by Crippen LogP contribution is -1.97. The van der Waals surface area contributed by atoms with Gasteiger partial charge in [-0.3, -0.25) is 0 Å². The molecule has 1 aromatic carbocycles.